The third-order valence-electron chi connectivity index (χ3n) is 4.55. The first-order valence-corrected chi connectivity index (χ1v) is 8.41. The molecule has 1 fully saturated rings. The van der Waals surface area contributed by atoms with Crippen LogP contribution in [0.25, 0.3) is 11.0 Å². The van der Waals surface area contributed by atoms with E-state index in [4.69, 9.17) is 4.42 Å². The van der Waals surface area contributed by atoms with Crippen molar-refractivity contribution < 1.29 is 9.21 Å². The molecule has 5 nitrogen and oxygen atoms in total. The van der Waals surface area contributed by atoms with Crippen LogP contribution in [-0.2, 0) is 0 Å². The lowest BCUT2D eigenvalue weighted by Gasteiger charge is -2.28. The minimum Gasteiger partial charge on any atom is -0.451 e. The van der Waals surface area contributed by atoms with Crippen molar-refractivity contribution in [2.24, 2.45) is 0 Å². The van der Waals surface area contributed by atoms with Crippen LogP contribution in [0.5, 0.6) is 0 Å². The van der Waals surface area contributed by atoms with Crippen LogP contribution in [0.3, 0.4) is 0 Å². The van der Waals surface area contributed by atoms with Crippen molar-refractivity contribution in [1.82, 2.24) is 9.88 Å². The average molecular weight is 334 g/mol. The van der Waals surface area contributed by atoms with Crippen LogP contribution in [0.4, 0.5) is 0 Å². The summed E-state index contributed by atoms with van der Waals surface area (Å²) in [4.78, 5) is 31.6. The van der Waals surface area contributed by atoms with Gasteiger partial charge >= 0.3 is 0 Å². The highest BCUT2D eigenvalue weighted by Gasteiger charge is 2.38. The van der Waals surface area contributed by atoms with Crippen molar-refractivity contribution in [3.8, 4) is 0 Å². The van der Waals surface area contributed by atoms with Crippen LogP contribution in [0, 0.1) is 0 Å². The summed E-state index contributed by atoms with van der Waals surface area (Å²) in [6, 6.07) is 13.9. The Balaban J connectivity index is 1.74. The minimum atomic E-state index is -0.261. The smallest absolute Gasteiger partial charge is 0.290 e. The summed E-state index contributed by atoms with van der Waals surface area (Å²) in [6.45, 7) is 1.96. The fourth-order valence-corrected chi connectivity index (χ4v) is 3.11. The highest BCUT2D eigenvalue weighted by Crippen LogP contribution is 2.35. The molecule has 1 saturated carbocycles. The van der Waals surface area contributed by atoms with Crippen LogP contribution < -0.4 is 5.43 Å². The van der Waals surface area contributed by atoms with Gasteiger partial charge in [-0.05, 0) is 44.0 Å². The number of nitrogens with zero attached hydrogens (tertiary/aromatic N) is 2. The molecule has 0 aliphatic heterocycles. The van der Waals surface area contributed by atoms with E-state index >= 15 is 0 Å². The van der Waals surface area contributed by atoms with E-state index in [0.717, 1.165) is 18.5 Å². The van der Waals surface area contributed by atoms with Gasteiger partial charge in [0.25, 0.3) is 5.91 Å². The highest BCUT2D eigenvalue weighted by molar-refractivity contribution is 5.93. The fraction of sp³-hybridized carbons (Fsp3) is 0.250. The van der Waals surface area contributed by atoms with Crippen molar-refractivity contribution >= 4 is 16.9 Å². The zero-order valence-electron chi connectivity index (χ0n) is 13.9. The van der Waals surface area contributed by atoms with E-state index in [2.05, 4.69) is 4.98 Å². The summed E-state index contributed by atoms with van der Waals surface area (Å²) in [5.41, 5.74) is 1.05. The van der Waals surface area contributed by atoms with E-state index in [1.807, 2.05) is 25.1 Å². The lowest BCUT2D eigenvalue weighted by molar-refractivity contribution is 0.0638. The van der Waals surface area contributed by atoms with E-state index < -0.39 is 0 Å². The number of hydrogen-bond donors (Lipinski definition) is 0. The first-order valence-electron chi connectivity index (χ1n) is 8.41. The van der Waals surface area contributed by atoms with Crippen molar-refractivity contribution in [2.45, 2.75) is 31.8 Å². The Morgan fingerprint density at radius 1 is 1.20 bits per heavy atom. The van der Waals surface area contributed by atoms with Gasteiger partial charge in [-0.15, -0.1) is 0 Å². The lowest BCUT2D eigenvalue weighted by atomic mass is 10.1. The summed E-state index contributed by atoms with van der Waals surface area (Å²) in [7, 11) is 0. The Labute approximate surface area is 144 Å². The molecule has 0 radical (unpaired) electrons. The van der Waals surface area contributed by atoms with Gasteiger partial charge in [0.2, 0.25) is 0 Å². The number of para-hydroxylation sites is 1. The average Bonchev–Trinajstić information content (AvgIpc) is 3.47. The van der Waals surface area contributed by atoms with Gasteiger partial charge in [0, 0.05) is 18.3 Å². The molecule has 1 aliphatic carbocycles. The number of benzene rings is 1. The number of pyridine rings is 1. The van der Waals surface area contributed by atoms with E-state index in [-0.39, 0.29) is 29.2 Å². The molecule has 0 bridgehead atoms. The molecule has 1 amide bonds. The molecule has 5 heteroatoms. The summed E-state index contributed by atoms with van der Waals surface area (Å²) < 4.78 is 5.74. The van der Waals surface area contributed by atoms with Gasteiger partial charge in [-0.3, -0.25) is 14.6 Å². The molecule has 1 aromatic carbocycles. The standard InChI is InChI=1S/C20H18N2O3/c1-13(16-7-4-5-11-21-16)22(14-9-10-14)20(24)19-12-17(23)15-6-2-3-8-18(15)25-19/h2-8,11-14H,9-10H2,1H3/t13-/m1/s1. The molecule has 2 heterocycles. The fourth-order valence-electron chi connectivity index (χ4n) is 3.11. The number of hydrogen-bond acceptors (Lipinski definition) is 4. The topological polar surface area (TPSA) is 63.4 Å². The van der Waals surface area contributed by atoms with Crippen molar-refractivity contribution in [3.05, 3.63) is 76.4 Å². The van der Waals surface area contributed by atoms with E-state index in [1.165, 1.54) is 6.07 Å². The summed E-state index contributed by atoms with van der Waals surface area (Å²) >= 11 is 0. The molecule has 126 valence electrons. The highest BCUT2D eigenvalue weighted by atomic mass is 16.3. The second kappa shape index (κ2) is 6.16. The third-order valence-corrected chi connectivity index (χ3v) is 4.55. The Hall–Kier alpha value is -2.95. The summed E-state index contributed by atoms with van der Waals surface area (Å²) in [5.74, 6) is -0.179. The number of carbonyl (C=O) groups excluding carboxylic acids is 1. The summed E-state index contributed by atoms with van der Waals surface area (Å²) in [5, 5.41) is 0.481. The zero-order chi connectivity index (χ0) is 17.4. The van der Waals surface area contributed by atoms with Crippen LogP contribution in [0.2, 0.25) is 0 Å². The van der Waals surface area contributed by atoms with Gasteiger partial charge < -0.3 is 9.32 Å². The van der Waals surface area contributed by atoms with Crippen LogP contribution in [0.1, 0.15) is 42.1 Å². The maximum atomic E-state index is 13.1. The molecule has 2 aromatic heterocycles. The quantitative estimate of drug-likeness (QED) is 0.732. The number of amides is 1. The SMILES string of the molecule is C[C@H](c1ccccn1)N(C(=O)c1cc(=O)c2ccccc2o1)C1CC1. The van der Waals surface area contributed by atoms with Crippen molar-refractivity contribution in [2.75, 3.05) is 0 Å². The van der Waals surface area contributed by atoms with Gasteiger partial charge in [0.15, 0.2) is 11.2 Å². The second-order valence-corrected chi connectivity index (χ2v) is 6.35. The first kappa shape index (κ1) is 15.6. The molecule has 1 aliphatic rings. The molecule has 3 aromatic rings. The molecule has 0 saturated heterocycles. The summed E-state index contributed by atoms with van der Waals surface area (Å²) in [6.07, 6.45) is 3.64. The molecular weight excluding hydrogens is 316 g/mol. The molecule has 0 spiro atoms. The van der Waals surface area contributed by atoms with Crippen LogP contribution >= 0.6 is 0 Å². The molecule has 1 atom stereocenters. The second-order valence-electron chi connectivity index (χ2n) is 6.35. The van der Waals surface area contributed by atoms with E-state index in [9.17, 15) is 9.59 Å². The maximum absolute atomic E-state index is 13.1. The molecule has 25 heavy (non-hydrogen) atoms. The predicted molar refractivity (Wildman–Crippen MR) is 94.3 cm³/mol. The van der Waals surface area contributed by atoms with Crippen LogP contribution in [0.15, 0.2) is 63.9 Å². The van der Waals surface area contributed by atoms with E-state index in [0.29, 0.717) is 11.0 Å². The Kier molecular flexibility index (Phi) is 3.84. The van der Waals surface area contributed by atoms with Gasteiger partial charge in [-0.1, -0.05) is 18.2 Å². The Morgan fingerprint density at radius 3 is 2.68 bits per heavy atom. The number of rotatable bonds is 4. The number of fused-ring (bicyclic) bond motifs is 1. The predicted octanol–water partition coefficient (Wildman–Crippen LogP) is 3.55. The molecular formula is C20H18N2O3. The van der Waals surface area contributed by atoms with Gasteiger partial charge in [-0.25, -0.2) is 0 Å². The number of aromatic nitrogens is 1. The van der Waals surface area contributed by atoms with Crippen molar-refractivity contribution in [3.63, 3.8) is 0 Å². The molecule has 0 N–H and O–H groups in total. The Bertz CT molecular complexity index is 977. The zero-order valence-corrected chi connectivity index (χ0v) is 13.9. The normalized spacial score (nSPS) is 15.1. The Morgan fingerprint density at radius 2 is 1.96 bits per heavy atom. The van der Waals surface area contributed by atoms with Gasteiger partial charge in [-0.2, -0.15) is 0 Å². The van der Waals surface area contributed by atoms with Gasteiger partial charge in [0.1, 0.15) is 5.58 Å². The monoisotopic (exact) mass is 334 g/mol. The lowest BCUT2D eigenvalue weighted by Crippen LogP contribution is -2.36. The maximum Gasteiger partial charge on any atom is 0.290 e. The van der Waals surface area contributed by atoms with Gasteiger partial charge in [0.05, 0.1) is 17.1 Å². The molecule has 4 rings (SSSR count). The van der Waals surface area contributed by atoms with Crippen LogP contribution in [-0.4, -0.2) is 21.8 Å². The first-order chi connectivity index (χ1) is 12.1. The largest absolute Gasteiger partial charge is 0.451 e. The van der Waals surface area contributed by atoms with Crippen molar-refractivity contribution in [1.29, 1.82) is 0 Å². The molecule has 0 unspecified atom stereocenters. The number of carbonyl (C=O) groups is 1. The van der Waals surface area contributed by atoms with E-state index in [1.54, 1.807) is 35.4 Å². The minimum absolute atomic E-state index is 0.0818. The third kappa shape index (κ3) is 2.93.